The number of carbonyl (C=O) groups is 1. The van der Waals surface area contributed by atoms with Crippen molar-refractivity contribution in [3.63, 3.8) is 0 Å². The van der Waals surface area contributed by atoms with Crippen LogP contribution in [0, 0.1) is 0 Å². The highest BCUT2D eigenvalue weighted by atomic mass is 19.4. The van der Waals surface area contributed by atoms with Crippen molar-refractivity contribution in [3.05, 3.63) is 36.2 Å². The zero-order valence-corrected chi connectivity index (χ0v) is 12.4. The average Bonchev–Trinajstić information content (AvgIpc) is 2.95. The van der Waals surface area contributed by atoms with Gasteiger partial charge in [-0.15, -0.1) is 5.10 Å². The first-order chi connectivity index (χ1) is 10.8. The zero-order valence-electron chi connectivity index (χ0n) is 12.4. The highest BCUT2D eigenvalue weighted by molar-refractivity contribution is 5.74. The van der Waals surface area contributed by atoms with Gasteiger partial charge in [-0.3, -0.25) is 0 Å². The number of benzene rings is 1. The van der Waals surface area contributed by atoms with Crippen molar-refractivity contribution in [2.45, 2.75) is 26.1 Å². The van der Waals surface area contributed by atoms with E-state index < -0.39 is 23.8 Å². The summed E-state index contributed by atoms with van der Waals surface area (Å²) in [7, 11) is 0. The van der Waals surface area contributed by atoms with E-state index in [1.165, 1.54) is 25.4 Å². The molecule has 2 aromatic rings. The highest BCUT2D eigenvalue weighted by Gasteiger charge is 2.30. The second kappa shape index (κ2) is 6.67. The topological polar surface area (TPSA) is 66.2 Å². The minimum absolute atomic E-state index is 0.136. The summed E-state index contributed by atoms with van der Waals surface area (Å²) in [5.74, 6) is -0.581. The Morgan fingerprint density at radius 3 is 2.78 bits per heavy atom. The molecule has 0 fully saturated rings. The Morgan fingerprint density at radius 1 is 1.39 bits per heavy atom. The molecule has 9 heteroatoms. The molecule has 23 heavy (non-hydrogen) atoms. The van der Waals surface area contributed by atoms with Gasteiger partial charge in [0.05, 0.1) is 17.9 Å². The van der Waals surface area contributed by atoms with E-state index >= 15 is 0 Å². The lowest BCUT2D eigenvalue weighted by atomic mass is 10.2. The summed E-state index contributed by atoms with van der Waals surface area (Å²) in [6, 6.07) is 4.47. The van der Waals surface area contributed by atoms with Crippen LogP contribution in [-0.2, 0) is 15.7 Å². The molecule has 1 heterocycles. The fourth-order valence-electron chi connectivity index (χ4n) is 1.72. The summed E-state index contributed by atoms with van der Waals surface area (Å²) in [6.07, 6.45) is -4.18. The zero-order chi connectivity index (χ0) is 17.0. The Kier molecular flexibility index (Phi) is 4.87. The summed E-state index contributed by atoms with van der Waals surface area (Å²) in [5.41, 5.74) is -0.626. The van der Waals surface area contributed by atoms with Crippen LogP contribution in [0.3, 0.4) is 0 Å². The fraction of sp³-hybridized carbons (Fsp3) is 0.357. The quantitative estimate of drug-likeness (QED) is 0.789. The van der Waals surface area contributed by atoms with Gasteiger partial charge in [-0.2, -0.15) is 18.2 Å². The van der Waals surface area contributed by atoms with Gasteiger partial charge in [-0.1, -0.05) is 6.07 Å². The first kappa shape index (κ1) is 16.8. The Balaban J connectivity index is 2.15. The van der Waals surface area contributed by atoms with Crippen molar-refractivity contribution in [3.8, 4) is 11.7 Å². The van der Waals surface area contributed by atoms with Gasteiger partial charge < -0.3 is 9.47 Å². The van der Waals surface area contributed by atoms with Gasteiger partial charge in [-0.05, 0) is 32.0 Å². The fourth-order valence-corrected chi connectivity index (χ4v) is 1.72. The van der Waals surface area contributed by atoms with Crippen molar-refractivity contribution in [1.29, 1.82) is 0 Å². The van der Waals surface area contributed by atoms with E-state index in [0.29, 0.717) is 0 Å². The summed E-state index contributed by atoms with van der Waals surface area (Å²) < 4.78 is 49.2. The minimum Gasteiger partial charge on any atom is -0.463 e. The lowest BCUT2D eigenvalue weighted by molar-refractivity contribution is -0.150. The third kappa shape index (κ3) is 4.21. The predicted molar refractivity (Wildman–Crippen MR) is 73.1 cm³/mol. The van der Waals surface area contributed by atoms with E-state index in [9.17, 15) is 18.0 Å². The lowest BCUT2D eigenvalue weighted by Gasteiger charge is -2.10. The van der Waals surface area contributed by atoms with E-state index in [-0.39, 0.29) is 18.3 Å². The molecule has 0 spiro atoms. The third-order valence-corrected chi connectivity index (χ3v) is 2.81. The van der Waals surface area contributed by atoms with Crippen LogP contribution in [0.1, 0.15) is 19.4 Å². The number of aromatic nitrogens is 3. The molecule has 1 unspecified atom stereocenters. The smallest absolute Gasteiger partial charge is 0.416 e. The van der Waals surface area contributed by atoms with E-state index in [1.807, 2.05) is 0 Å². The molecule has 1 atom stereocenters. The molecule has 0 N–H and O–H groups in total. The van der Waals surface area contributed by atoms with Crippen molar-refractivity contribution in [1.82, 2.24) is 14.8 Å². The maximum absolute atomic E-state index is 12.7. The van der Waals surface area contributed by atoms with Crippen molar-refractivity contribution in [2.24, 2.45) is 0 Å². The highest BCUT2D eigenvalue weighted by Crippen LogP contribution is 2.30. The number of carbonyl (C=O) groups excluding carboxylic acids is 1. The average molecular weight is 329 g/mol. The number of alkyl halides is 3. The molecular formula is C14H14F3N3O3. The molecule has 0 saturated carbocycles. The van der Waals surface area contributed by atoms with Gasteiger partial charge in [0.2, 0.25) is 0 Å². The normalized spacial score (nSPS) is 12.7. The molecule has 0 radical (unpaired) electrons. The Morgan fingerprint density at radius 2 is 2.13 bits per heavy atom. The van der Waals surface area contributed by atoms with Crippen LogP contribution in [0.5, 0.6) is 6.01 Å². The number of hydrogen-bond acceptors (Lipinski definition) is 5. The molecule has 0 aliphatic rings. The Bertz CT molecular complexity index is 685. The second-order valence-corrected chi connectivity index (χ2v) is 4.53. The first-order valence-corrected chi connectivity index (χ1v) is 6.74. The van der Waals surface area contributed by atoms with Crippen LogP contribution < -0.4 is 4.74 Å². The van der Waals surface area contributed by atoms with Crippen LogP contribution >= 0.6 is 0 Å². The molecular weight excluding hydrogens is 315 g/mol. The Labute approximate surface area is 129 Å². The lowest BCUT2D eigenvalue weighted by Crippen LogP contribution is -2.26. The maximum Gasteiger partial charge on any atom is 0.416 e. The number of nitrogens with zero attached hydrogens (tertiary/aromatic N) is 3. The van der Waals surface area contributed by atoms with Crippen LogP contribution in [0.4, 0.5) is 13.2 Å². The van der Waals surface area contributed by atoms with Gasteiger partial charge in [-0.25, -0.2) is 9.48 Å². The molecule has 124 valence electrons. The number of hydrogen-bond donors (Lipinski definition) is 0. The van der Waals surface area contributed by atoms with Crippen LogP contribution in [-0.4, -0.2) is 33.4 Å². The predicted octanol–water partition coefficient (Wildman–Crippen LogP) is 2.62. The van der Waals surface area contributed by atoms with Crippen LogP contribution in [0.25, 0.3) is 5.69 Å². The SMILES string of the molecule is CCOC(=O)C(C)Oc1ncn(-c2cccc(C(F)(F)F)c2)n1. The molecule has 2 rings (SSSR count). The maximum atomic E-state index is 12.7. The van der Waals surface area contributed by atoms with E-state index in [4.69, 9.17) is 9.47 Å². The number of esters is 1. The molecule has 0 saturated heterocycles. The first-order valence-electron chi connectivity index (χ1n) is 6.74. The van der Waals surface area contributed by atoms with Gasteiger partial charge in [0, 0.05) is 0 Å². The third-order valence-electron chi connectivity index (χ3n) is 2.81. The number of ether oxygens (including phenoxy) is 2. The minimum atomic E-state index is -4.45. The number of rotatable bonds is 5. The molecule has 0 bridgehead atoms. The van der Waals surface area contributed by atoms with Crippen LogP contribution in [0.2, 0.25) is 0 Å². The summed E-state index contributed by atoms with van der Waals surface area (Å²) in [4.78, 5) is 15.3. The van der Waals surface area contributed by atoms with Crippen molar-refractivity contribution >= 4 is 5.97 Å². The van der Waals surface area contributed by atoms with Crippen LogP contribution in [0.15, 0.2) is 30.6 Å². The molecule has 1 aromatic heterocycles. The second-order valence-electron chi connectivity index (χ2n) is 4.53. The summed E-state index contributed by atoms with van der Waals surface area (Å²) in [6.45, 7) is 3.33. The standard InChI is InChI=1S/C14H14F3N3O3/c1-3-22-12(21)9(2)23-13-18-8-20(19-13)11-6-4-5-10(7-11)14(15,16)17/h4-9H,3H2,1-2H3. The van der Waals surface area contributed by atoms with Gasteiger partial charge >= 0.3 is 18.2 Å². The van der Waals surface area contributed by atoms with Crippen molar-refractivity contribution in [2.75, 3.05) is 6.61 Å². The van der Waals surface area contributed by atoms with Gasteiger partial charge in [0.1, 0.15) is 6.33 Å². The van der Waals surface area contributed by atoms with Gasteiger partial charge in [0.15, 0.2) is 6.10 Å². The number of halogens is 3. The summed E-state index contributed by atoms with van der Waals surface area (Å²) >= 11 is 0. The largest absolute Gasteiger partial charge is 0.463 e. The molecule has 0 amide bonds. The van der Waals surface area contributed by atoms with E-state index in [0.717, 1.165) is 16.8 Å². The molecule has 0 aliphatic carbocycles. The molecule has 6 nitrogen and oxygen atoms in total. The summed E-state index contributed by atoms with van der Waals surface area (Å²) in [5, 5.41) is 3.89. The molecule has 0 aliphatic heterocycles. The van der Waals surface area contributed by atoms with E-state index in [1.54, 1.807) is 6.92 Å². The van der Waals surface area contributed by atoms with Crippen molar-refractivity contribution < 1.29 is 27.4 Å². The monoisotopic (exact) mass is 329 g/mol. The van der Waals surface area contributed by atoms with Gasteiger partial charge in [0.25, 0.3) is 0 Å². The molecule has 1 aromatic carbocycles. The Hall–Kier alpha value is -2.58. The van der Waals surface area contributed by atoms with E-state index in [2.05, 4.69) is 10.1 Å².